The smallest absolute Gasteiger partial charge is 0.329 e. The summed E-state index contributed by atoms with van der Waals surface area (Å²) in [6.45, 7) is 0. The lowest BCUT2D eigenvalue weighted by molar-refractivity contribution is -0.118. The van der Waals surface area contributed by atoms with Gasteiger partial charge >= 0.3 is 6.03 Å². The number of rotatable bonds is 2. The summed E-state index contributed by atoms with van der Waals surface area (Å²) in [6.07, 6.45) is 1.35. The summed E-state index contributed by atoms with van der Waals surface area (Å²) in [4.78, 5) is 29.3. The second-order valence-electron chi connectivity index (χ2n) is 4.49. The van der Waals surface area contributed by atoms with Crippen LogP contribution in [0.25, 0.3) is 0 Å². The summed E-state index contributed by atoms with van der Waals surface area (Å²) < 4.78 is 0. The Balaban J connectivity index is 1.94. The normalized spacial score (nSPS) is 18.0. The predicted octanol–water partition coefficient (Wildman–Crippen LogP) is 2.24. The Morgan fingerprint density at radius 2 is 2.05 bits per heavy atom. The molecule has 1 fully saturated rings. The van der Waals surface area contributed by atoms with Crippen molar-refractivity contribution in [3.05, 3.63) is 53.3 Å². The van der Waals surface area contributed by atoms with E-state index in [0.29, 0.717) is 11.3 Å². The molecule has 1 aromatic heterocycles. The summed E-state index contributed by atoms with van der Waals surface area (Å²) in [5.74, 6) is -0.407. The Labute approximate surface area is 125 Å². The van der Waals surface area contributed by atoms with E-state index in [-0.39, 0.29) is 10.9 Å². The lowest BCUT2D eigenvalue weighted by atomic mass is 10.1. The van der Waals surface area contributed by atoms with Gasteiger partial charge in [0.2, 0.25) is 0 Å². The van der Waals surface area contributed by atoms with E-state index >= 15 is 0 Å². The van der Waals surface area contributed by atoms with Crippen LogP contribution in [0.5, 0.6) is 5.75 Å². The van der Waals surface area contributed by atoms with Crippen LogP contribution in [-0.4, -0.2) is 22.0 Å². The van der Waals surface area contributed by atoms with Gasteiger partial charge in [-0.1, -0.05) is 23.7 Å². The van der Waals surface area contributed by atoms with Crippen LogP contribution < -0.4 is 10.2 Å². The van der Waals surface area contributed by atoms with Crippen LogP contribution in [0.3, 0.4) is 0 Å². The number of aromatic nitrogens is 1. The second kappa shape index (κ2) is 5.06. The highest BCUT2D eigenvalue weighted by Gasteiger charge is 2.40. The van der Waals surface area contributed by atoms with Crippen molar-refractivity contribution in [1.82, 2.24) is 10.3 Å². The fraction of sp³-hybridized carbons (Fsp3) is 0.0714. The number of hydrogen-bond donors (Lipinski definition) is 2. The molecule has 0 radical (unpaired) electrons. The Morgan fingerprint density at radius 1 is 1.24 bits per heavy atom. The maximum Gasteiger partial charge on any atom is 0.329 e. The van der Waals surface area contributed by atoms with Crippen molar-refractivity contribution in [2.75, 3.05) is 4.90 Å². The van der Waals surface area contributed by atoms with E-state index in [9.17, 15) is 14.7 Å². The van der Waals surface area contributed by atoms with Crippen LogP contribution in [-0.2, 0) is 4.79 Å². The highest BCUT2D eigenvalue weighted by Crippen LogP contribution is 2.28. The Bertz CT molecular complexity index is 718. The van der Waals surface area contributed by atoms with Gasteiger partial charge in [0.25, 0.3) is 5.91 Å². The number of benzene rings is 1. The van der Waals surface area contributed by atoms with Crippen molar-refractivity contribution in [3.8, 4) is 5.75 Å². The maximum absolute atomic E-state index is 12.4. The molecular formula is C14H10ClN3O3. The third kappa shape index (κ3) is 2.41. The molecule has 0 spiro atoms. The number of anilines is 1. The zero-order valence-electron chi connectivity index (χ0n) is 10.7. The molecule has 0 bridgehead atoms. The van der Waals surface area contributed by atoms with Gasteiger partial charge in [0.05, 0.1) is 11.9 Å². The number of carbonyl (C=O) groups is 2. The van der Waals surface area contributed by atoms with E-state index in [4.69, 9.17) is 11.6 Å². The first-order chi connectivity index (χ1) is 10.1. The van der Waals surface area contributed by atoms with Gasteiger partial charge in [-0.3, -0.25) is 4.79 Å². The quantitative estimate of drug-likeness (QED) is 0.658. The number of phenols is 1. The first-order valence-corrected chi connectivity index (χ1v) is 6.49. The van der Waals surface area contributed by atoms with Gasteiger partial charge < -0.3 is 10.4 Å². The first-order valence-electron chi connectivity index (χ1n) is 6.11. The molecule has 2 heterocycles. The molecule has 2 aromatic rings. The van der Waals surface area contributed by atoms with Crippen LogP contribution in [0.4, 0.5) is 10.5 Å². The molecule has 1 saturated heterocycles. The monoisotopic (exact) mass is 303 g/mol. The average molecular weight is 304 g/mol. The third-order valence-electron chi connectivity index (χ3n) is 3.11. The standard InChI is InChI=1S/C14H10ClN3O3/c15-11-5-4-9(7-16-11)18-13(20)12(17-14(18)21)8-2-1-3-10(19)6-8/h1-7,12,19H,(H,17,21). The number of nitrogens with one attached hydrogen (secondary N) is 1. The lowest BCUT2D eigenvalue weighted by Gasteiger charge is -2.12. The van der Waals surface area contributed by atoms with Gasteiger partial charge in [-0.15, -0.1) is 0 Å². The third-order valence-corrected chi connectivity index (χ3v) is 3.34. The van der Waals surface area contributed by atoms with Crippen molar-refractivity contribution in [2.45, 2.75) is 6.04 Å². The SMILES string of the molecule is O=C1NC(c2cccc(O)c2)C(=O)N1c1ccc(Cl)nc1. The molecule has 2 N–H and O–H groups in total. The van der Waals surface area contributed by atoms with Crippen LogP contribution in [0.1, 0.15) is 11.6 Å². The van der Waals surface area contributed by atoms with Crippen LogP contribution in [0.15, 0.2) is 42.6 Å². The molecule has 3 amide bonds. The molecule has 6 nitrogen and oxygen atoms in total. The largest absolute Gasteiger partial charge is 0.508 e. The number of imide groups is 1. The summed E-state index contributed by atoms with van der Waals surface area (Å²) >= 11 is 5.69. The number of aromatic hydroxyl groups is 1. The number of nitrogens with zero attached hydrogens (tertiary/aromatic N) is 2. The number of carbonyl (C=O) groups excluding carboxylic acids is 2. The number of halogens is 1. The number of amides is 3. The summed E-state index contributed by atoms with van der Waals surface area (Å²) in [5.41, 5.74) is 0.849. The van der Waals surface area contributed by atoms with Gasteiger partial charge in [-0.25, -0.2) is 14.7 Å². The maximum atomic E-state index is 12.4. The Hall–Kier alpha value is -2.60. The number of pyridine rings is 1. The molecule has 1 aromatic carbocycles. The molecule has 7 heteroatoms. The molecule has 106 valence electrons. The predicted molar refractivity (Wildman–Crippen MR) is 76.1 cm³/mol. The number of hydrogen-bond acceptors (Lipinski definition) is 4. The van der Waals surface area contributed by atoms with Crippen LogP contribution in [0.2, 0.25) is 5.15 Å². The molecule has 3 rings (SSSR count). The zero-order valence-corrected chi connectivity index (χ0v) is 11.4. The lowest BCUT2D eigenvalue weighted by Crippen LogP contribution is -2.30. The summed E-state index contributed by atoms with van der Waals surface area (Å²) in [7, 11) is 0. The van der Waals surface area contributed by atoms with Crippen molar-refractivity contribution < 1.29 is 14.7 Å². The van der Waals surface area contributed by atoms with Crippen molar-refractivity contribution in [3.63, 3.8) is 0 Å². The first kappa shape index (κ1) is 13.4. The Morgan fingerprint density at radius 3 is 2.71 bits per heavy atom. The number of phenolic OH excluding ortho intramolecular Hbond substituents is 1. The van der Waals surface area contributed by atoms with E-state index in [1.165, 1.54) is 30.5 Å². The molecule has 0 aliphatic carbocycles. The highest BCUT2D eigenvalue weighted by molar-refractivity contribution is 6.29. The second-order valence-corrected chi connectivity index (χ2v) is 4.88. The summed E-state index contributed by atoms with van der Waals surface area (Å²) in [5, 5.41) is 12.3. The fourth-order valence-electron chi connectivity index (χ4n) is 2.15. The minimum absolute atomic E-state index is 0.0289. The van der Waals surface area contributed by atoms with Gasteiger partial charge in [0, 0.05) is 0 Å². The molecule has 1 unspecified atom stereocenters. The Kier molecular flexibility index (Phi) is 3.23. The molecule has 1 atom stereocenters. The summed E-state index contributed by atoms with van der Waals surface area (Å²) in [6, 6.07) is 7.86. The van der Waals surface area contributed by atoms with Crippen molar-refractivity contribution >= 4 is 29.2 Å². The average Bonchev–Trinajstić information content (AvgIpc) is 2.75. The topological polar surface area (TPSA) is 82.5 Å². The zero-order chi connectivity index (χ0) is 15.0. The highest BCUT2D eigenvalue weighted by atomic mass is 35.5. The molecule has 1 aliphatic heterocycles. The minimum atomic E-state index is -0.833. The van der Waals surface area contributed by atoms with Crippen molar-refractivity contribution in [1.29, 1.82) is 0 Å². The van der Waals surface area contributed by atoms with E-state index < -0.39 is 18.0 Å². The van der Waals surface area contributed by atoms with Crippen LogP contribution in [0, 0.1) is 0 Å². The van der Waals surface area contributed by atoms with Crippen molar-refractivity contribution in [2.24, 2.45) is 0 Å². The van der Waals surface area contributed by atoms with Gasteiger partial charge in [0.1, 0.15) is 16.9 Å². The molecule has 21 heavy (non-hydrogen) atoms. The van der Waals surface area contributed by atoms with Gasteiger partial charge in [0.15, 0.2) is 0 Å². The van der Waals surface area contributed by atoms with Crippen LogP contribution >= 0.6 is 11.6 Å². The van der Waals surface area contributed by atoms with E-state index in [1.54, 1.807) is 12.1 Å². The van der Waals surface area contributed by atoms with E-state index in [1.807, 2.05) is 0 Å². The van der Waals surface area contributed by atoms with Gasteiger partial charge in [-0.2, -0.15) is 0 Å². The number of urea groups is 1. The van der Waals surface area contributed by atoms with E-state index in [0.717, 1.165) is 4.90 Å². The molecule has 1 aliphatic rings. The fourth-order valence-corrected chi connectivity index (χ4v) is 2.27. The minimum Gasteiger partial charge on any atom is -0.508 e. The molecule has 0 saturated carbocycles. The van der Waals surface area contributed by atoms with Gasteiger partial charge in [-0.05, 0) is 29.8 Å². The molecular weight excluding hydrogens is 294 g/mol. The van der Waals surface area contributed by atoms with E-state index in [2.05, 4.69) is 10.3 Å².